The zero-order valence-corrected chi connectivity index (χ0v) is 15.4. The van der Waals surface area contributed by atoms with E-state index in [2.05, 4.69) is 4.18 Å². The molecule has 11 heteroatoms. The fourth-order valence-corrected chi connectivity index (χ4v) is 3.31. The first kappa shape index (κ1) is 20.4. The molecule has 0 aromatic heterocycles. The minimum atomic E-state index is -5.92. The van der Waals surface area contributed by atoms with Gasteiger partial charge in [-0.2, -0.15) is 21.6 Å². The maximum Gasteiger partial charge on any atom is 0.534 e. The van der Waals surface area contributed by atoms with Gasteiger partial charge in [-0.15, -0.1) is 0 Å². The van der Waals surface area contributed by atoms with E-state index < -0.39 is 33.3 Å². The van der Waals surface area contributed by atoms with Crippen LogP contribution >= 0.6 is 0 Å². The van der Waals surface area contributed by atoms with Gasteiger partial charge in [0.25, 0.3) is 5.91 Å². The van der Waals surface area contributed by atoms with Crippen LogP contribution in [0.2, 0.25) is 0 Å². The van der Waals surface area contributed by atoms with Crippen LogP contribution in [0.5, 0.6) is 5.75 Å². The second kappa shape index (κ2) is 6.92. The van der Waals surface area contributed by atoms with Crippen molar-refractivity contribution in [1.29, 1.82) is 0 Å². The molecule has 0 radical (unpaired) electrons. The van der Waals surface area contributed by atoms with E-state index in [4.69, 9.17) is 0 Å². The molecule has 1 N–H and O–H groups in total. The highest BCUT2D eigenvalue weighted by Crippen LogP contribution is 2.40. The van der Waals surface area contributed by atoms with Crippen LogP contribution in [0.4, 0.5) is 18.9 Å². The Morgan fingerprint density at radius 1 is 1.10 bits per heavy atom. The number of nitrogens with zero attached hydrogens (tertiary/aromatic N) is 1. The Morgan fingerprint density at radius 3 is 2.31 bits per heavy atom. The largest absolute Gasteiger partial charge is 0.534 e. The normalized spacial score (nSPS) is 15.5. The lowest BCUT2D eigenvalue weighted by Gasteiger charge is -2.19. The van der Waals surface area contributed by atoms with Gasteiger partial charge in [-0.05, 0) is 29.3 Å². The van der Waals surface area contributed by atoms with Crippen LogP contribution < -0.4 is 9.08 Å². The van der Waals surface area contributed by atoms with E-state index >= 15 is 0 Å². The minimum absolute atomic E-state index is 0.0198. The molecule has 0 atom stereocenters. The number of carboxylic acid groups (broad SMARTS) is 1. The van der Waals surface area contributed by atoms with Gasteiger partial charge < -0.3 is 14.2 Å². The number of carboxylic acids is 1. The molecule has 1 aliphatic rings. The number of rotatable bonds is 3. The van der Waals surface area contributed by atoms with E-state index in [1.165, 1.54) is 25.2 Å². The van der Waals surface area contributed by atoms with Crippen LogP contribution in [-0.4, -0.2) is 38.0 Å². The first-order valence-corrected chi connectivity index (χ1v) is 9.30. The summed E-state index contributed by atoms with van der Waals surface area (Å²) in [7, 11) is -4.59. The number of hydrogen-bond donors (Lipinski definition) is 1. The van der Waals surface area contributed by atoms with Crippen molar-refractivity contribution in [3.63, 3.8) is 0 Å². The average Bonchev–Trinajstić information content (AvgIpc) is 2.70. The summed E-state index contributed by atoms with van der Waals surface area (Å²) in [5, 5.41) is 9.23. The highest BCUT2D eigenvalue weighted by Gasteiger charge is 2.48. The molecule has 0 unspecified atom stereocenters. The molecular formula is C18H12F3NO6S. The fourth-order valence-electron chi connectivity index (χ4n) is 2.86. The predicted octanol–water partition coefficient (Wildman–Crippen LogP) is 3.02. The second-order valence-electron chi connectivity index (χ2n) is 5.97. The van der Waals surface area contributed by atoms with Gasteiger partial charge in [0.1, 0.15) is 5.75 Å². The maximum atomic E-state index is 12.8. The van der Waals surface area contributed by atoms with Gasteiger partial charge in [0.2, 0.25) is 0 Å². The molecule has 7 nitrogen and oxygen atoms in total. The number of hydrogen-bond acceptors (Lipinski definition) is 5. The third kappa shape index (κ3) is 3.68. The second-order valence-corrected chi connectivity index (χ2v) is 7.51. The molecule has 0 bridgehead atoms. The van der Waals surface area contributed by atoms with Crippen LogP contribution in [0.1, 0.15) is 21.5 Å². The van der Waals surface area contributed by atoms with E-state index in [9.17, 15) is 36.3 Å². The number of aliphatic carboxylic acids is 1. The predicted molar refractivity (Wildman–Crippen MR) is 95.9 cm³/mol. The monoisotopic (exact) mass is 427 g/mol. The van der Waals surface area contributed by atoms with Crippen LogP contribution in [0, 0.1) is 0 Å². The summed E-state index contributed by atoms with van der Waals surface area (Å²) < 4.78 is 64.5. The number of halogens is 3. The first-order chi connectivity index (χ1) is 13.4. The molecule has 0 aliphatic carbocycles. The number of anilines is 1. The quantitative estimate of drug-likeness (QED) is 0.459. The van der Waals surface area contributed by atoms with Gasteiger partial charge in [-0.1, -0.05) is 18.2 Å². The number of benzene rings is 2. The van der Waals surface area contributed by atoms with Crippen molar-refractivity contribution >= 4 is 33.3 Å². The molecule has 29 heavy (non-hydrogen) atoms. The van der Waals surface area contributed by atoms with Crippen molar-refractivity contribution in [2.45, 2.75) is 5.51 Å². The summed E-state index contributed by atoms with van der Waals surface area (Å²) in [6.45, 7) is 0. The maximum absolute atomic E-state index is 12.8. The Morgan fingerprint density at radius 2 is 1.72 bits per heavy atom. The SMILES string of the molecule is CN1C(=O)c2ccccc2/C(=C/C(=O)O)c2ccc(OS(=O)(=O)C(F)(F)F)cc21. The van der Waals surface area contributed by atoms with Crippen LogP contribution in [0.3, 0.4) is 0 Å². The molecule has 1 heterocycles. The minimum Gasteiger partial charge on any atom is -0.478 e. The van der Waals surface area contributed by atoms with Crippen molar-refractivity contribution in [3.8, 4) is 5.75 Å². The van der Waals surface area contributed by atoms with E-state index in [0.717, 1.165) is 23.1 Å². The summed E-state index contributed by atoms with van der Waals surface area (Å²) in [5.41, 5.74) is -4.85. The molecule has 152 valence electrons. The van der Waals surface area contributed by atoms with Crippen molar-refractivity contribution in [3.05, 3.63) is 65.2 Å². The van der Waals surface area contributed by atoms with Gasteiger partial charge >= 0.3 is 21.6 Å². The summed E-state index contributed by atoms with van der Waals surface area (Å²) >= 11 is 0. The molecule has 0 spiro atoms. The Labute approximate surface area is 162 Å². The molecule has 0 fully saturated rings. The third-order valence-electron chi connectivity index (χ3n) is 4.13. The zero-order valence-electron chi connectivity index (χ0n) is 14.6. The van der Waals surface area contributed by atoms with E-state index in [0.29, 0.717) is 5.56 Å². The van der Waals surface area contributed by atoms with Crippen molar-refractivity contribution in [2.24, 2.45) is 0 Å². The topological polar surface area (TPSA) is 101 Å². The third-order valence-corrected chi connectivity index (χ3v) is 5.11. The lowest BCUT2D eigenvalue weighted by Crippen LogP contribution is -2.28. The van der Waals surface area contributed by atoms with Gasteiger partial charge in [0, 0.05) is 30.3 Å². The molecule has 3 rings (SSSR count). The number of carbonyl (C=O) groups excluding carboxylic acids is 1. The molecular weight excluding hydrogens is 415 g/mol. The lowest BCUT2D eigenvalue weighted by atomic mass is 9.94. The number of amides is 1. The first-order valence-electron chi connectivity index (χ1n) is 7.89. The van der Waals surface area contributed by atoms with Crippen molar-refractivity contribution in [1.82, 2.24) is 0 Å². The number of carbonyl (C=O) groups is 2. The van der Waals surface area contributed by atoms with Gasteiger partial charge in [0.15, 0.2) is 0 Å². The van der Waals surface area contributed by atoms with Crippen molar-refractivity contribution < 1.29 is 40.5 Å². The summed E-state index contributed by atoms with van der Waals surface area (Å²) in [6, 6.07) is 9.24. The zero-order chi connectivity index (χ0) is 21.6. The van der Waals surface area contributed by atoms with E-state index in [-0.39, 0.29) is 22.4 Å². The highest BCUT2D eigenvalue weighted by atomic mass is 32.2. The average molecular weight is 427 g/mol. The summed E-state index contributed by atoms with van der Waals surface area (Å²) in [6.07, 6.45) is 0.858. The lowest BCUT2D eigenvalue weighted by molar-refractivity contribution is -0.131. The van der Waals surface area contributed by atoms with Crippen LogP contribution in [0.15, 0.2) is 48.5 Å². The summed E-state index contributed by atoms with van der Waals surface area (Å²) in [5.74, 6) is -2.55. The highest BCUT2D eigenvalue weighted by molar-refractivity contribution is 7.88. The number of fused-ring (bicyclic) bond motifs is 2. The molecule has 1 amide bonds. The smallest absolute Gasteiger partial charge is 0.478 e. The molecule has 0 saturated heterocycles. The van der Waals surface area contributed by atoms with E-state index in [1.807, 2.05) is 0 Å². The van der Waals surface area contributed by atoms with E-state index in [1.54, 1.807) is 12.1 Å². The van der Waals surface area contributed by atoms with Crippen molar-refractivity contribution in [2.75, 3.05) is 11.9 Å². The van der Waals surface area contributed by atoms with Gasteiger partial charge in [0.05, 0.1) is 5.69 Å². The Bertz CT molecular complexity index is 1150. The Kier molecular flexibility index (Phi) is 4.87. The van der Waals surface area contributed by atoms with Crippen LogP contribution in [-0.2, 0) is 14.9 Å². The number of alkyl halides is 3. The molecule has 0 saturated carbocycles. The molecule has 2 aromatic carbocycles. The van der Waals surface area contributed by atoms with Gasteiger partial charge in [-0.3, -0.25) is 4.79 Å². The molecule has 2 aromatic rings. The van der Waals surface area contributed by atoms with Gasteiger partial charge in [-0.25, -0.2) is 4.79 Å². The molecule has 1 aliphatic heterocycles. The Balaban J connectivity index is 2.22. The fraction of sp³-hybridized carbons (Fsp3) is 0.111. The standard InChI is InChI=1S/C18H12F3NO6S/c1-22-15-8-10(28-29(26,27)18(19,20)21)6-7-12(15)14(9-16(23)24)11-4-2-3-5-13(11)17(22)25/h2-9H,1H3,(H,23,24)/b14-9-. The Hall–Kier alpha value is -3.34. The summed E-state index contributed by atoms with van der Waals surface area (Å²) in [4.78, 5) is 25.2. The van der Waals surface area contributed by atoms with Crippen LogP contribution in [0.25, 0.3) is 5.57 Å².